The number of sulfonamides is 1. The van der Waals surface area contributed by atoms with Gasteiger partial charge in [0.25, 0.3) is 0 Å². The van der Waals surface area contributed by atoms with Gasteiger partial charge in [-0.15, -0.1) is 5.10 Å². The minimum absolute atomic E-state index is 0.00691. The summed E-state index contributed by atoms with van der Waals surface area (Å²) in [6, 6.07) is 6.19. The molecule has 102 valence electrons. The number of primary sulfonamides is 1. The molecule has 0 radical (unpaired) electrons. The zero-order valence-electron chi connectivity index (χ0n) is 10.1. The molecule has 2 rings (SSSR count). The first kappa shape index (κ1) is 13.5. The molecule has 0 aliphatic heterocycles. The average Bonchev–Trinajstić information content (AvgIpc) is 2.76. The van der Waals surface area contributed by atoms with Crippen LogP contribution in [0.5, 0.6) is 0 Å². The summed E-state index contributed by atoms with van der Waals surface area (Å²) in [5, 5.41) is 18.3. The third kappa shape index (κ3) is 3.50. The first-order chi connectivity index (χ1) is 8.99. The van der Waals surface area contributed by atoms with E-state index >= 15 is 0 Å². The van der Waals surface area contributed by atoms with Crippen molar-refractivity contribution in [2.75, 3.05) is 12.4 Å². The molecule has 4 N–H and O–H groups in total. The van der Waals surface area contributed by atoms with Gasteiger partial charge in [0.1, 0.15) is 0 Å². The third-order valence-corrected chi connectivity index (χ3v) is 3.12. The molecule has 0 aliphatic rings. The van der Waals surface area contributed by atoms with Crippen LogP contribution in [0.3, 0.4) is 0 Å². The van der Waals surface area contributed by atoms with E-state index in [-0.39, 0.29) is 10.9 Å². The normalized spacial score (nSPS) is 11.5. The Morgan fingerprint density at radius 1 is 1.37 bits per heavy atom. The van der Waals surface area contributed by atoms with Crippen LogP contribution in [0, 0.1) is 0 Å². The molecule has 0 saturated heterocycles. The molecule has 1 aromatic heterocycles. The molecule has 1 heterocycles. The van der Waals surface area contributed by atoms with E-state index in [0.717, 1.165) is 0 Å². The largest absolute Gasteiger partial charge is 0.406 e. The Morgan fingerprint density at radius 2 is 2.16 bits per heavy atom. The monoisotopic (exact) mass is 283 g/mol. The summed E-state index contributed by atoms with van der Waals surface area (Å²) in [4.78, 5) is 0.00691. The highest BCUT2D eigenvalue weighted by molar-refractivity contribution is 7.89. The number of hydrogen-bond acceptors (Lipinski definition) is 7. The predicted molar refractivity (Wildman–Crippen MR) is 68.2 cm³/mol. The Hall–Kier alpha value is -1.97. The molecular formula is C10H13N5O3S. The maximum absolute atomic E-state index is 11.2. The van der Waals surface area contributed by atoms with E-state index in [1.54, 1.807) is 19.2 Å². The third-order valence-electron chi connectivity index (χ3n) is 2.21. The molecule has 0 unspecified atom stereocenters. The Labute approximate surface area is 110 Å². The molecule has 0 fully saturated rings. The van der Waals surface area contributed by atoms with Crippen molar-refractivity contribution in [1.82, 2.24) is 15.5 Å². The summed E-state index contributed by atoms with van der Waals surface area (Å²) in [5.74, 6) is 0.424. The predicted octanol–water partition coefficient (Wildman–Crippen LogP) is 0.180. The molecule has 8 nitrogen and oxygen atoms in total. The van der Waals surface area contributed by atoms with Crippen LogP contribution in [-0.2, 0) is 16.6 Å². The molecule has 0 saturated carbocycles. The van der Waals surface area contributed by atoms with Gasteiger partial charge < -0.3 is 15.1 Å². The second-order valence-electron chi connectivity index (χ2n) is 3.73. The van der Waals surface area contributed by atoms with Crippen molar-refractivity contribution >= 4 is 21.7 Å². The van der Waals surface area contributed by atoms with E-state index in [1.807, 2.05) is 0 Å². The van der Waals surface area contributed by atoms with Crippen molar-refractivity contribution in [1.29, 1.82) is 0 Å². The summed E-state index contributed by atoms with van der Waals surface area (Å²) in [7, 11) is -1.98. The van der Waals surface area contributed by atoms with E-state index in [9.17, 15) is 8.42 Å². The first-order valence-electron chi connectivity index (χ1n) is 5.36. The molecule has 0 bridgehead atoms. The number of hydrogen-bond donors (Lipinski definition) is 3. The molecule has 1 aromatic carbocycles. The van der Waals surface area contributed by atoms with Crippen LogP contribution in [0.1, 0.15) is 5.89 Å². The number of nitrogens with two attached hydrogens (primary N) is 1. The average molecular weight is 283 g/mol. The van der Waals surface area contributed by atoms with Gasteiger partial charge in [0.05, 0.1) is 11.4 Å². The zero-order chi connectivity index (χ0) is 13.9. The topological polar surface area (TPSA) is 123 Å². The van der Waals surface area contributed by atoms with Crippen molar-refractivity contribution in [2.24, 2.45) is 5.14 Å². The molecule has 9 heteroatoms. The number of nitrogens with one attached hydrogen (secondary N) is 2. The molecular weight excluding hydrogens is 270 g/mol. The first-order valence-corrected chi connectivity index (χ1v) is 6.90. The van der Waals surface area contributed by atoms with Crippen LogP contribution >= 0.6 is 0 Å². The van der Waals surface area contributed by atoms with E-state index in [4.69, 9.17) is 9.56 Å². The van der Waals surface area contributed by atoms with Crippen molar-refractivity contribution in [3.63, 3.8) is 0 Å². The van der Waals surface area contributed by atoms with Gasteiger partial charge in [-0.05, 0) is 25.2 Å². The van der Waals surface area contributed by atoms with E-state index in [1.165, 1.54) is 12.1 Å². The van der Waals surface area contributed by atoms with E-state index in [2.05, 4.69) is 20.8 Å². The Bertz CT molecular complexity index is 667. The lowest BCUT2D eigenvalue weighted by Gasteiger charge is -2.03. The number of anilines is 2. The summed E-state index contributed by atoms with van der Waals surface area (Å²) < 4.78 is 27.7. The molecule has 0 spiro atoms. The Balaban J connectivity index is 2.18. The van der Waals surface area contributed by atoms with Crippen molar-refractivity contribution in [2.45, 2.75) is 11.4 Å². The summed E-state index contributed by atoms with van der Waals surface area (Å²) >= 11 is 0. The second-order valence-corrected chi connectivity index (χ2v) is 5.29. The quantitative estimate of drug-likeness (QED) is 0.715. The number of rotatable bonds is 5. The minimum Gasteiger partial charge on any atom is -0.406 e. The zero-order valence-corrected chi connectivity index (χ0v) is 10.9. The molecule has 2 aromatic rings. The van der Waals surface area contributed by atoms with E-state index < -0.39 is 10.0 Å². The van der Waals surface area contributed by atoms with Gasteiger partial charge in [0.2, 0.25) is 15.9 Å². The molecule has 19 heavy (non-hydrogen) atoms. The van der Waals surface area contributed by atoms with E-state index in [0.29, 0.717) is 18.1 Å². The fraction of sp³-hybridized carbons (Fsp3) is 0.200. The van der Waals surface area contributed by atoms with Crippen LogP contribution < -0.4 is 15.8 Å². The number of nitrogens with zero attached hydrogens (tertiary/aromatic N) is 2. The summed E-state index contributed by atoms with van der Waals surface area (Å²) in [6.07, 6.45) is 0. The maximum Gasteiger partial charge on any atom is 0.320 e. The summed E-state index contributed by atoms with van der Waals surface area (Å²) in [6.45, 7) is 0.450. The van der Waals surface area contributed by atoms with Crippen molar-refractivity contribution < 1.29 is 12.8 Å². The van der Waals surface area contributed by atoms with Gasteiger partial charge >= 0.3 is 6.01 Å². The van der Waals surface area contributed by atoms with Crippen LogP contribution in [0.4, 0.5) is 11.7 Å². The second kappa shape index (κ2) is 5.34. The van der Waals surface area contributed by atoms with Gasteiger partial charge in [-0.3, -0.25) is 0 Å². The maximum atomic E-state index is 11.2. The fourth-order valence-electron chi connectivity index (χ4n) is 1.40. The fourth-order valence-corrected chi connectivity index (χ4v) is 1.96. The van der Waals surface area contributed by atoms with Gasteiger partial charge in [0, 0.05) is 5.69 Å². The minimum atomic E-state index is -3.74. The summed E-state index contributed by atoms with van der Waals surface area (Å²) in [5.41, 5.74) is 0.492. The van der Waals surface area contributed by atoms with Crippen molar-refractivity contribution in [3.05, 3.63) is 30.2 Å². The number of benzene rings is 1. The highest BCUT2D eigenvalue weighted by atomic mass is 32.2. The molecule has 0 amide bonds. The lowest BCUT2D eigenvalue weighted by molar-refractivity contribution is 0.493. The van der Waals surface area contributed by atoms with Gasteiger partial charge in [-0.2, -0.15) is 0 Å². The Morgan fingerprint density at radius 3 is 2.84 bits per heavy atom. The molecule has 0 atom stereocenters. The Kier molecular flexibility index (Phi) is 3.79. The lowest BCUT2D eigenvalue weighted by Crippen LogP contribution is -2.12. The van der Waals surface area contributed by atoms with Gasteiger partial charge in [-0.25, -0.2) is 13.6 Å². The lowest BCUT2D eigenvalue weighted by atomic mass is 10.3. The SMILES string of the molecule is CNCc1nnc(Nc2cccc(S(N)(=O)=O)c2)o1. The van der Waals surface area contributed by atoms with Crippen LogP contribution in [0.25, 0.3) is 0 Å². The van der Waals surface area contributed by atoms with Gasteiger partial charge in [0.15, 0.2) is 0 Å². The van der Waals surface area contributed by atoms with Gasteiger partial charge in [-0.1, -0.05) is 11.2 Å². The van der Waals surface area contributed by atoms with Crippen LogP contribution in [0.2, 0.25) is 0 Å². The van der Waals surface area contributed by atoms with Crippen LogP contribution in [0.15, 0.2) is 33.6 Å². The molecule has 0 aliphatic carbocycles. The number of aromatic nitrogens is 2. The van der Waals surface area contributed by atoms with Crippen molar-refractivity contribution in [3.8, 4) is 0 Å². The standard InChI is InChI=1S/C10H13N5O3S/c1-12-6-9-14-15-10(18-9)13-7-3-2-4-8(5-7)19(11,16)17/h2-5,12H,6H2,1H3,(H,13,15)(H2,11,16,17). The highest BCUT2D eigenvalue weighted by Gasteiger charge is 2.10. The smallest absolute Gasteiger partial charge is 0.320 e. The van der Waals surface area contributed by atoms with Crippen LogP contribution in [-0.4, -0.2) is 25.7 Å². The highest BCUT2D eigenvalue weighted by Crippen LogP contribution is 2.18.